The van der Waals surface area contributed by atoms with E-state index in [1.54, 1.807) is 23.1 Å². The number of thiocarbonyl (C=S) groups is 1. The van der Waals surface area contributed by atoms with Gasteiger partial charge in [-0.1, -0.05) is 85.5 Å². The fourth-order valence-electron chi connectivity index (χ4n) is 4.13. The molecule has 196 valence electrons. The molecule has 0 aliphatic carbocycles. The summed E-state index contributed by atoms with van der Waals surface area (Å²) in [5.41, 5.74) is 3.63. The zero-order valence-corrected chi connectivity index (χ0v) is 23.2. The Morgan fingerprint density at radius 3 is 2.50 bits per heavy atom. The van der Waals surface area contributed by atoms with Crippen LogP contribution in [-0.2, 0) is 16.0 Å². The number of nitrogens with one attached hydrogen (secondary N) is 1. The summed E-state index contributed by atoms with van der Waals surface area (Å²) in [4.78, 5) is 28.0. The van der Waals surface area contributed by atoms with Crippen molar-refractivity contribution in [2.24, 2.45) is 0 Å². The second kappa shape index (κ2) is 12.8. The summed E-state index contributed by atoms with van der Waals surface area (Å²) in [6, 6.07) is 22.7. The second-order valence-corrected chi connectivity index (χ2v) is 10.3. The smallest absolute Gasteiger partial charge is 0.266 e. The Labute approximate surface area is 233 Å². The number of benzene rings is 3. The lowest BCUT2D eigenvalue weighted by Crippen LogP contribution is -2.30. The van der Waals surface area contributed by atoms with Crippen LogP contribution in [0.1, 0.15) is 43.5 Å². The standard InChI is InChI=1S/C30H30N2O4S2/c1-4-22-11-9-10-14-24(22)31-28(33)19-36-25-16-15-21(17-26(25)35-5-2)18-27-29(34)32(30(37)38-27)20(3)23-12-7-6-8-13-23/h6-18,20H,4-5,19H2,1-3H3,(H,31,33)/b27-18-/t20-/m0/s1. The fraction of sp³-hybridized carbons (Fsp3) is 0.233. The first-order chi connectivity index (χ1) is 18.4. The summed E-state index contributed by atoms with van der Waals surface area (Å²) in [5.74, 6) is 0.566. The molecular weight excluding hydrogens is 516 g/mol. The molecule has 0 aromatic heterocycles. The van der Waals surface area contributed by atoms with E-state index in [9.17, 15) is 9.59 Å². The largest absolute Gasteiger partial charge is 0.490 e. The Bertz CT molecular complexity index is 1360. The molecule has 0 unspecified atom stereocenters. The highest BCUT2D eigenvalue weighted by Crippen LogP contribution is 2.39. The molecule has 1 saturated heterocycles. The molecule has 38 heavy (non-hydrogen) atoms. The molecule has 1 fully saturated rings. The van der Waals surface area contributed by atoms with Crippen LogP contribution in [-0.4, -0.2) is 34.2 Å². The summed E-state index contributed by atoms with van der Waals surface area (Å²) in [6.45, 7) is 6.15. The van der Waals surface area contributed by atoms with E-state index in [-0.39, 0.29) is 24.5 Å². The Morgan fingerprint density at radius 1 is 1.03 bits per heavy atom. The lowest BCUT2D eigenvalue weighted by molar-refractivity contribution is -0.123. The van der Waals surface area contributed by atoms with E-state index in [2.05, 4.69) is 5.32 Å². The number of amides is 2. The second-order valence-electron chi connectivity index (χ2n) is 8.63. The molecule has 4 rings (SSSR count). The van der Waals surface area contributed by atoms with Gasteiger partial charge in [0, 0.05) is 5.69 Å². The van der Waals surface area contributed by atoms with Crippen molar-refractivity contribution in [3.05, 3.63) is 94.4 Å². The van der Waals surface area contributed by atoms with Crippen LogP contribution in [0, 0.1) is 0 Å². The first-order valence-corrected chi connectivity index (χ1v) is 13.7. The number of thioether (sulfide) groups is 1. The zero-order valence-electron chi connectivity index (χ0n) is 21.6. The molecule has 0 saturated carbocycles. The number of nitrogens with zero attached hydrogens (tertiary/aromatic N) is 1. The van der Waals surface area contributed by atoms with Crippen molar-refractivity contribution >= 4 is 51.9 Å². The van der Waals surface area contributed by atoms with E-state index in [1.807, 2.05) is 81.4 Å². The molecule has 1 aliphatic rings. The average molecular weight is 547 g/mol. The van der Waals surface area contributed by atoms with Crippen LogP contribution in [0.3, 0.4) is 0 Å². The number of anilines is 1. The minimum absolute atomic E-state index is 0.126. The predicted octanol–water partition coefficient (Wildman–Crippen LogP) is 6.63. The van der Waals surface area contributed by atoms with Crippen LogP contribution in [0.5, 0.6) is 11.5 Å². The van der Waals surface area contributed by atoms with Gasteiger partial charge in [-0.15, -0.1) is 0 Å². The summed E-state index contributed by atoms with van der Waals surface area (Å²) < 4.78 is 12.1. The van der Waals surface area contributed by atoms with E-state index < -0.39 is 0 Å². The first kappa shape index (κ1) is 27.4. The molecule has 1 N–H and O–H groups in total. The van der Waals surface area contributed by atoms with E-state index in [0.717, 1.165) is 28.8 Å². The highest BCUT2D eigenvalue weighted by Gasteiger charge is 2.35. The Kier molecular flexibility index (Phi) is 9.20. The highest BCUT2D eigenvalue weighted by atomic mass is 32.2. The SMILES string of the molecule is CCOc1cc(/C=C2\SC(=S)N([C@@H](C)c3ccccc3)C2=O)ccc1OCC(=O)Nc1ccccc1CC. The average Bonchev–Trinajstić information content (AvgIpc) is 3.20. The molecule has 1 aliphatic heterocycles. The number of carbonyl (C=O) groups is 2. The molecule has 1 atom stereocenters. The third kappa shape index (κ3) is 6.44. The summed E-state index contributed by atoms with van der Waals surface area (Å²) >= 11 is 6.83. The number of carbonyl (C=O) groups excluding carboxylic acids is 2. The van der Waals surface area contributed by atoms with Gasteiger partial charge in [-0.3, -0.25) is 14.5 Å². The van der Waals surface area contributed by atoms with Crippen molar-refractivity contribution in [1.29, 1.82) is 0 Å². The molecule has 3 aromatic rings. The highest BCUT2D eigenvalue weighted by molar-refractivity contribution is 8.26. The molecule has 2 amide bonds. The van der Waals surface area contributed by atoms with Crippen LogP contribution in [0.2, 0.25) is 0 Å². The van der Waals surface area contributed by atoms with E-state index in [1.165, 1.54) is 11.8 Å². The van der Waals surface area contributed by atoms with Crippen molar-refractivity contribution < 1.29 is 19.1 Å². The normalized spacial score (nSPS) is 15.0. The summed E-state index contributed by atoms with van der Waals surface area (Å²) in [5, 5.41) is 2.91. The lowest BCUT2D eigenvalue weighted by atomic mass is 10.1. The maximum atomic E-state index is 13.2. The minimum atomic E-state index is -0.256. The molecule has 0 radical (unpaired) electrons. The van der Waals surface area contributed by atoms with Gasteiger partial charge in [0.2, 0.25) is 0 Å². The Balaban J connectivity index is 1.46. The number of rotatable bonds is 10. The summed E-state index contributed by atoms with van der Waals surface area (Å²) in [7, 11) is 0. The van der Waals surface area contributed by atoms with E-state index >= 15 is 0 Å². The Hall–Kier alpha value is -3.62. The van der Waals surface area contributed by atoms with E-state index in [0.29, 0.717) is 27.3 Å². The van der Waals surface area contributed by atoms with Crippen molar-refractivity contribution in [3.8, 4) is 11.5 Å². The van der Waals surface area contributed by atoms with Crippen molar-refractivity contribution in [1.82, 2.24) is 4.90 Å². The zero-order chi connectivity index (χ0) is 27.1. The molecule has 0 bridgehead atoms. The quantitative estimate of drug-likeness (QED) is 0.228. The van der Waals surface area contributed by atoms with Crippen LogP contribution >= 0.6 is 24.0 Å². The van der Waals surface area contributed by atoms with Gasteiger partial charge < -0.3 is 14.8 Å². The van der Waals surface area contributed by atoms with Gasteiger partial charge in [-0.25, -0.2) is 0 Å². The molecule has 0 spiro atoms. The number of para-hydroxylation sites is 1. The molecule has 1 heterocycles. The molecule has 3 aromatic carbocycles. The maximum Gasteiger partial charge on any atom is 0.266 e. The van der Waals surface area contributed by atoms with Gasteiger partial charge in [-0.2, -0.15) is 0 Å². The van der Waals surface area contributed by atoms with Crippen molar-refractivity contribution in [2.45, 2.75) is 33.2 Å². The van der Waals surface area contributed by atoms with Crippen LogP contribution in [0.4, 0.5) is 5.69 Å². The third-order valence-electron chi connectivity index (χ3n) is 6.09. The predicted molar refractivity (Wildman–Crippen MR) is 157 cm³/mol. The Morgan fingerprint density at radius 2 is 1.76 bits per heavy atom. The van der Waals surface area contributed by atoms with Gasteiger partial charge in [-0.05, 0) is 61.2 Å². The van der Waals surface area contributed by atoms with Crippen LogP contribution in [0.25, 0.3) is 6.08 Å². The first-order valence-electron chi connectivity index (χ1n) is 12.5. The van der Waals surface area contributed by atoms with Gasteiger partial charge in [0.1, 0.15) is 4.32 Å². The summed E-state index contributed by atoms with van der Waals surface area (Å²) in [6.07, 6.45) is 2.62. The maximum absolute atomic E-state index is 13.2. The fourth-order valence-corrected chi connectivity index (χ4v) is 5.55. The number of ether oxygens (including phenoxy) is 2. The monoisotopic (exact) mass is 546 g/mol. The van der Waals surface area contributed by atoms with Crippen LogP contribution in [0.15, 0.2) is 77.7 Å². The van der Waals surface area contributed by atoms with Crippen molar-refractivity contribution in [3.63, 3.8) is 0 Å². The number of hydrogen-bond acceptors (Lipinski definition) is 6. The molecular formula is C30H30N2O4S2. The lowest BCUT2D eigenvalue weighted by Gasteiger charge is -2.23. The number of hydrogen-bond donors (Lipinski definition) is 1. The topological polar surface area (TPSA) is 67.9 Å². The van der Waals surface area contributed by atoms with Gasteiger partial charge in [0.15, 0.2) is 18.1 Å². The van der Waals surface area contributed by atoms with Crippen LogP contribution < -0.4 is 14.8 Å². The number of aryl methyl sites for hydroxylation is 1. The minimum Gasteiger partial charge on any atom is -0.490 e. The van der Waals surface area contributed by atoms with E-state index in [4.69, 9.17) is 21.7 Å². The van der Waals surface area contributed by atoms with Gasteiger partial charge in [0.05, 0.1) is 17.6 Å². The molecule has 8 heteroatoms. The molecule has 6 nitrogen and oxygen atoms in total. The van der Waals surface area contributed by atoms with Gasteiger partial charge in [0.25, 0.3) is 11.8 Å². The third-order valence-corrected chi connectivity index (χ3v) is 7.42. The van der Waals surface area contributed by atoms with Gasteiger partial charge >= 0.3 is 0 Å². The van der Waals surface area contributed by atoms with Crippen molar-refractivity contribution in [2.75, 3.05) is 18.5 Å².